The van der Waals surface area contributed by atoms with Crippen molar-refractivity contribution < 1.29 is 9.59 Å². The summed E-state index contributed by atoms with van der Waals surface area (Å²) in [5.74, 6) is -0.251. The first kappa shape index (κ1) is 18.5. The Bertz CT molecular complexity index is 936. The van der Waals surface area contributed by atoms with Gasteiger partial charge in [0.25, 0.3) is 5.91 Å². The molecule has 3 aromatic rings. The molecule has 0 saturated carbocycles. The first-order valence-corrected chi connectivity index (χ1v) is 9.06. The van der Waals surface area contributed by atoms with Crippen LogP contribution in [0.2, 0.25) is 0 Å². The highest BCUT2D eigenvalue weighted by atomic mass is 16.2. The fourth-order valence-electron chi connectivity index (χ4n) is 2.73. The molecule has 3 N–H and O–H groups in total. The zero-order valence-electron chi connectivity index (χ0n) is 15.3. The van der Waals surface area contributed by atoms with Crippen molar-refractivity contribution in [3.8, 4) is 0 Å². The second-order valence-electron chi connectivity index (χ2n) is 6.30. The second kappa shape index (κ2) is 8.85. The molecule has 0 saturated heterocycles. The SMILES string of the molecule is CCCNC(=O)c1ccc(NC(=O)CNc2ccc3ccccc3c2)cc1. The normalized spacial score (nSPS) is 10.4. The van der Waals surface area contributed by atoms with E-state index in [2.05, 4.69) is 22.0 Å². The highest BCUT2D eigenvalue weighted by Gasteiger charge is 2.06. The van der Waals surface area contributed by atoms with E-state index in [1.54, 1.807) is 24.3 Å². The van der Waals surface area contributed by atoms with Gasteiger partial charge in [-0.25, -0.2) is 0 Å². The van der Waals surface area contributed by atoms with Crippen molar-refractivity contribution in [2.24, 2.45) is 0 Å². The van der Waals surface area contributed by atoms with Crippen molar-refractivity contribution in [2.45, 2.75) is 13.3 Å². The largest absolute Gasteiger partial charge is 0.376 e. The molecule has 0 aliphatic rings. The average Bonchev–Trinajstić information content (AvgIpc) is 2.71. The van der Waals surface area contributed by atoms with Crippen molar-refractivity contribution >= 4 is 34.0 Å². The summed E-state index contributed by atoms with van der Waals surface area (Å²) in [5.41, 5.74) is 2.13. The zero-order valence-corrected chi connectivity index (χ0v) is 15.3. The molecule has 0 bridgehead atoms. The highest BCUT2D eigenvalue weighted by molar-refractivity contribution is 5.97. The number of rotatable bonds is 7. The van der Waals surface area contributed by atoms with Crippen LogP contribution in [0.5, 0.6) is 0 Å². The van der Waals surface area contributed by atoms with Crippen LogP contribution in [0, 0.1) is 0 Å². The number of anilines is 2. The first-order chi connectivity index (χ1) is 13.2. The summed E-state index contributed by atoms with van der Waals surface area (Å²) < 4.78 is 0. The first-order valence-electron chi connectivity index (χ1n) is 9.06. The maximum absolute atomic E-state index is 12.2. The molecular weight excluding hydrogens is 338 g/mol. The molecule has 138 valence electrons. The van der Waals surface area contributed by atoms with E-state index in [9.17, 15) is 9.59 Å². The van der Waals surface area contributed by atoms with E-state index in [0.717, 1.165) is 22.9 Å². The number of carbonyl (C=O) groups is 2. The molecule has 0 aliphatic carbocycles. The number of carbonyl (C=O) groups excluding carboxylic acids is 2. The minimum atomic E-state index is -0.147. The van der Waals surface area contributed by atoms with Gasteiger partial charge in [-0.1, -0.05) is 37.3 Å². The third-order valence-electron chi connectivity index (χ3n) is 4.17. The van der Waals surface area contributed by atoms with E-state index < -0.39 is 0 Å². The Morgan fingerprint density at radius 3 is 2.30 bits per heavy atom. The van der Waals surface area contributed by atoms with Crippen molar-refractivity contribution in [1.82, 2.24) is 5.32 Å². The number of amides is 2. The van der Waals surface area contributed by atoms with Gasteiger partial charge in [-0.15, -0.1) is 0 Å². The predicted octanol–water partition coefficient (Wildman–Crippen LogP) is 4.03. The number of fused-ring (bicyclic) bond motifs is 1. The van der Waals surface area contributed by atoms with Crippen LogP contribution in [0.15, 0.2) is 66.7 Å². The van der Waals surface area contributed by atoms with E-state index in [1.165, 1.54) is 0 Å². The van der Waals surface area contributed by atoms with Gasteiger partial charge in [0.05, 0.1) is 6.54 Å². The summed E-state index contributed by atoms with van der Waals surface area (Å²) >= 11 is 0. The van der Waals surface area contributed by atoms with E-state index in [1.807, 2.05) is 43.3 Å². The topological polar surface area (TPSA) is 70.2 Å². The van der Waals surface area contributed by atoms with Gasteiger partial charge in [-0.2, -0.15) is 0 Å². The molecule has 0 aromatic heterocycles. The van der Waals surface area contributed by atoms with Crippen molar-refractivity contribution in [2.75, 3.05) is 23.7 Å². The summed E-state index contributed by atoms with van der Waals surface area (Å²) in [4.78, 5) is 24.0. The van der Waals surface area contributed by atoms with Crippen LogP contribution in [-0.4, -0.2) is 24.9 Å². The van der Waals surface area contributed by atoms with Gasteiger partial charge in [-0.3, -0.25) is 9.59 Å². The quantitative estimate of drug-likeness (QED) is 0.595. The van der Waals surface area contributed by atoms with E-state index in [0.29, 0.717) is 17.8 Å². The van der Waals surface area contributed by atoms with E-state index in [4.69, 9.17) is 0 Å². The third kappa shape index (κ3) is 5.07. The monoisotopic (exact) mass is 361 g/mol. The van der Waals surface area contributed by atoms with Crippen LogP contribution in [0.4, 0.5) is 11.4 Å². The van der Waals surface area contributed by atoms with Crippen LogP contribution < -0.4 is 16.0 Å². The fraction of sp³-hybridized carbons (Fsp3) is 0.182. The molecule has 0 atom stereocenters. The molecule has 5 nitrogen and oxygen atoms in total. The molecule has 3 aromatic carbocycles. The minimum absolute atomic E-state index is 0.104. The molecule has 0 spiro atoms. The maximum atomic E-state index is 12.2. The lowest BCUT2D eigenvalue weighted by Crippen LogP contribution is -2.24. The summed E-state index contributed by atoms with van der Waals surface area (Å²) in [5, 5.41) is 11.1. The van der Waals surface area contributed by atoms with E-state index in [-0.39, 0.29) is 18.4 Å². The number of hydrogen-bond donors (Lipinski definition) is 3. The maximum Gasteiger partial charge on any atom is 0.251 e. The Kier molecular flexibility index (Phi) is 6.05. The van der Waals surface area contributed by atoms with Crippen molar-refractivity contribution in [1.29, 1.82) is 0 Å². The zero-order chi connectivity index (χ0) is 19.1. The Labute approximate surface area is 158 Å². The van der Waals surface area contributed by atoms with Gasteiger partial charge >= 0.3 is 0 Å². The Morgan fingerprint density at radius 1 is 0.852 bits per heavy atom. The molecule has 0 heterocycles. The van der Waals surface area contributed by atoms with Crippen LogP contribution in [0.1, 0.15) is 23.7 Å². The van der Waals surface area contributed by atoms with Gasteiger partial charge < -0.3 is 16.0 Å². The van der Waals surface area contributed by atoms with Crippen LogP contribution in [0.3, 0.4) is 0 Å². The van der Waals surface area contributed by atoms with Gasteiger partial charge in [0.1, 0.15) is 0 Å². The Balaban J connectivity index is 1.53. The van der Waals surface area contributed by atoms with Crippen LogP contribution in [0.25, 0.3) is 10.8 Å². The summed E-state index contributed by atoms with van der Waals surface area (Å²) in [6.45, 7) is 2.82. The summed E-state index contributed by atoms with van der Waals surface area (Å²) in [7, 11) is 0. The lowest BCUT2D eigenvalue weighted by atomic mass is 10.1. The molecule has 0 radical (unpaired) electrons. The van der Waals surface area contributed by atoms with Gasteiger partial charge in [0.2, 0.25) is 5.91 Å². The third-order valence-corrected chi connectivity index (χ3v) is 4.17. The average molecular weight is 361 g/mol. The van der Waals surface area contributed by atoms with E-state index >= 15 is 0 Å². The van der Waals surface area contributed by atoms with Gasteiger partial charge in [-0.05, 0) is 53.6 Å². The summed E-state index contributed by atoms with van der Waals surface area (Å²) in [6.07, 6.45) is 0.893. The van der Waals surface area contributed by atoms with Crippen LogP contribution in [-0.2, 0) is 4.79 Å². The second-order valence-corrected chi connectivity index (χ2v) is 6.30. The fourth-order valence-corrected chi connectivity index (χ4v) is 2.73. The van der Waals surface area contributed by atoms with Crippen molar-refractivity contribution in [3.05, 3.63) is 72.3 Å². The van der Waals surface area contributed by atoms with Crippen LogP contribution >= 0.6 is 0 Å². The standard InChI is InChI=1S/C22H23N3O2/c1-2-13-23-22(27)17-8-10-19(11-9-17)25-21(26)15-24-20-12-7-16-5-3-4-6-18(16)14-20/h3-12,14,24H,2,13,15H2,1H3,(H,23,27)(H,25,26). The molecular formula is C22H23N3O2. The number of benzene rings is 3. The molecule has 5 heteroatoms. The lowest BCUT2D eigenvalue weighted by Gasteiger charge is -2.09. The highest BCUT2D eigenvalue weighted by Crippen LogP contribution is 2.18. The predicted molar refractivity (Wildman–Crippen MR) is 110 cm³/mol. The molecule has 27 heavy (non-hydrogen) atoms. The summed E-state index contributed by atoms with van der Waals surface area (Å²) in [6, 6.07) is 21.0. The molecule has 0 unspecified atom stereocenters. The van der Waals surface area contributed by atoms with Crippen molar-refractivity contribution in [3.63, 3.8) is 0 Å². The number of hydrogen-bond acceptors (Lipinski definition) is 3. The minimum Gasteiger partial charge on any atom is -0.376 e. The lowest BCUT2D eigenvalue weighted by molar-refractivity contribution is -0.114. The molecule has 0 aliphatic heterocycles. The molecule has 2 amide bonds. The molecule has 0 fully saturated rings. The Hall–Kier alpha value is -3.34. The van der Waals surface area contributed by atoms with Gasteiger partial charge in [0, 0.05) is 23.5 Å². The number of nitrogens with one attached hydrogen (secondary N) is 3. The smallest absolute Gasteiger partial charge is 0.251 e. The Morgan fingerprint density at radius 2 is 1.56 bits per heavy atom. The van der Waals surface area contributed by atoms with Gasteiger partial charge in [0.15, 0.2) is 0 Å². The molecule has 3 rings (SSSR count).